The van der Waals surface area contributed by atoms with Gasteiger partial charge in [-0.05, 0) is 36.6 Å². The number of rotatable bonds is 0. The molecule has 0 atom stereocenters. The summed E-state index contributed by atoms with van der Waals surface area (Å²) in [6, 6.07) is 4.63. The molecule has 90 valence electrons. The lowest BCUT2D eigenvalue weighted by atomic mass is 9.75. The minimum Gasteiger partial charge on any atom is -0.325 e. The van der Waals surface area contributed by atoms with Crippen molar-refractivity contribution in [1.29, 1.82) is 0 Å². The summed E-state index contributed by atoms with van der Waals surface area (Å²) >= 11 is 0. The molecule has 1 aliphatic heterocycles. The smallest absolute Gasteiger partial charge is 0.235 e. The van der Waals surface area contributed by atoms with Gasteiger partial charge in [0.15, 0.2) is 0 Å². The first-order chi connectivity index (χ1) is 8.22. The lowest BCUT2D eigenvalue weighted by molar-refractivity contribution is -0.121. The van der Waals surface area contributed by atoms with Gasteiger partial charge in [0.1, 0.15) is 5.82 Å². The molecule has 1 amide bonds. The van der Waals surface area contributed by atoms with Gasteiger partial charge in [0.2, 0.25) is 5.91 Å². The number of hydrogen-bond acceptors (Lipinski definition) is 1. The van der Waals surface area contributed by atoms with Gasteiger partial charge in [-0.1, -0.05) is 25.7 Å². The molecule has 1 aromatic rings. The molecule has 1 heterocycles. The van der Waals surface area contributed by atoms with E-state index in [2.05, 4.69) is 5.32 Å². The summed E-state index contributed by atoms with van der Waals surface area (Å²) < 4.78 is 13.4. The quantitative estimate of drug-likeness (QED) is 0.731. The van der Waals surface area contributed by atoms with E-state index in [9.17, 15) is 9.18 Å². The molecule has 2 aliphatic rings. The van der Waals surface area contributed by atoms with E-state index < -0.39 is 5.41 Å². The van der Waals surface area contributed by atoms with Crippen LogP contribution in [-0.4, -0.2) is 5.91 Å². The zero-order valence-electron chi connectivity index (χ0n) is 9.76. The third kappa shape index (κ3) is 1.56. The first kappa shape index (κ1) is 10.8. The second-order valence-electron chi connectivity index (χ2n) is 5.14. The molecule has 17 heavy (non-hydrogen) atoms. The second kappa shape index (κ2) is 3.83. The fourth-order valence-electron chi connectivity index (χ4n) is 3.21. The van der Waals surface area contributed by atoms with Crippen molar-refractivity contribution in [2.45, 2.75) is 43.9 Å². The summed E-state index contributed by atoms with van der Waals surface area (Å²) in [7, 11) is 0. The zero-order chi connectivity index (χ0) is 11.9. The first-order valence-corrected chi connectivity index (χ1v) is 6.34. The van der Waals surface area contributed by atoms with Crippen LogP contribution >= 0.6 is 0 Å². The van der Waals surface area contributed by atoms with Crippen LogP contribution in [0.1, 0.15) is 44.1 Å². The number of hydrogen-bond donors (Lipinski definition) is 1. The van der Waals surface area contributed by atoms with Crippen LogP contribution in [-0.2, 0) is 10.2 Å². The average molecular weight is 233 g/mol. The Kier molecular flexibility index (Phi) is 2.42. The second-order valence-corrected chi connectivity index (χ2v) is 5.14. The van der Waals surface area contributed by atoms with Crippen LogP contribution in [0.15, 0.2) is 18.2 Å². The molecule has 1 fully saturated rings. The predicted octanol–water partition coefficient (Wildman–Crippen LogP) is 3.37. The molecule has 0 bridgehead atoms. The molecule has 0 saturated heterocycles. The van der Waals surface area contributed by atoms with E-state index in [4.69, 9.17) is 0 Å². The molecule has 1 aromatic carbocycles. The molecule has 2 nitrogen and oxygen atoms in total. The van der Waals surface area contributed by atoms with Crippen molar-refractivity contribution >= 4 is 11.6 Å². The Hall–Kier alpha value is -1.38. The molecule has 3 rings (SSSR count). The van der Waals surface area contributed by atoms with E-state index in [0.717, 1.165) is 36.9 Å². The van der Waals surface area contributed by atoms with Gasteiger partial charge in [0, 0.05) is 5.69 Å². The maximum Gasteiger partial charge on any atom is 0.235 e. The van der Waals surface area contributed by atoms with Crippen LogP contribution in [0.2, 0.25) is 0 Å². The van der Waals surface area contributed by atoms with E-state index in [1.54, 1.807) is 12.1 Å². The summed E-state index contributed by atoms with van der Waals surface area (Å²) in [5.41, 5.74) is 1.23. The highest BCUT2D eigenvalue weighted by Crippen LogP contribution is 2.46. The Labute approximate surface area is 100 Å². The van der Waals surface area contributed by atoms with Gasteiger partial charge in [-0.15, -0.1) is 0 Å². The van der Waals surface area contributed by atoms with Crippen LogP contribution in [0.5, 0.6) is 0 Å². The SMILES string of the molecule is O=C1Nc2ccc(F)cc2C12CCCCCC2. The van der Waals surface area contributed by atoms with Gasteiger partial charge in [0.25, 0.3) is 0 Å². The lowest BCUT2D eigenvalue weighted by Gasteiger charge is -2.25. The van der Waals surface area contributed by atoms with Crippen molar-refractivity contribution in [1.82, 2.24) is 0 Å². The highest BCUT2D eigenvalue weighted by molar-refractivity contribution is 6.06. The molecular weight excluding hydrogens is 217 g/mol. The van der Waals surface area contributed by atoms with Crippen molar-refractivity contribution in [3.05, 3.63) is 29.6 Å². The minimum atomic E-state index is -0.450. The standard InChI is InChI=1S/C14H16FNO/c15-10-5-6-12-11(9-10)14(13(17)16-12)7-3-1-2-4-8-14/h5-6,9H,1-4,7-8H2,(H,16,17). The molecule has 3 heteroatoms. The number of nitrogens with one attached hydrogen (secondary N) is 1. The fourth-order valence-corrected chi connectivity index (χ4v) is 3.21. The van der Waals surface area contributed by atoms with Crippen molar-refractivity contribution in [3.63, 3.8) is 0 Å². The van der Waals surface area contributed by atoms with E-state index in [1.165, 1.54) is 18.9 Å². The van der Waals surface area contributed by atoms with Crippen LogP contribution < -0.4 is 5.32 Å². The summed E-state index contributed by atoms with van der Waals surface area (Å²) in [4.78, 5) is 12.2. The van der Waals surface area contributed by atoms with Crippen molar-refractivity contribution in [2.24, 2.45) is 0 Å². The summed E-state index contributed by atoms with van der Waals surface area (Å²) in [5, 5.41) is 2.91. The first-order valence-electron chi connectivity index (χ1n) is 6.34. The Balaban J connectivity index is 2.10. The van der Waals surface area contributed by atoms with Gasteiger partial charge in [-0.25, -0.2) is 4.39 Å². The summed E-state index contributed by atoms with van der Waals surface area (Å²) in [6.45, 7) is 0. The van der Waals surface area contributed by atoms with Gasteiger partial charge < -0.3 is 5.32 Å². The fraction of sp³-hybridized carbons (Fsp3) is 0.500. The highest BCUT2D eigenvalue weighted by Gasteiger charge is 2.46. The molecule has 1 aliphatic carbocycles. The number of amides is 1. The Morgan fingerprint density at radius 3 is 2.53 bits per heavy atom. The third-order valence-corrected chi connectivity index (χ3v) is 4.14. The van der Waals surface area contributed by atoms with Gasteiger partial charge in [-0.3, -0.25) is 4.79 Å². The molecule has 1 N–H and O–H groups in total. The predicted molar refractivity (Wildman–Crippen MR) is 64.4 cm³/mol. The van der Waals surface area contributed by atoms with Gasteiger partial charge in [0.05, 0.1) is 5.41 Å². The molecule has 0 radical (unpaired) electrons. The largest absolute Gasteiger partial charge is 0.325 e. The van der Waals surface area contributed by atoms with Crippen LogP contribution in [0.3, 0.4) is 0 Å². The Bertz CT molecular complexity index is 461. The van der Waals surface area contributed by atoms with E-state index in [-0.39, 0.29) is 11.7 Å². The van der Waals surface area contributed by atoms with E-state index in [0.29, 0.717) is 0 Å². The van der Waals surface area contributed by atoms with Crippen LogP contribution in [0, 0.1) is 5.82 Å². The van der Waals surface area contributed by atoms with E-state index in [1.807, 2.05) is 0 Å². The summed E-state index contributed by atoms with van der Waals surface area (Å²) in [6.07, 6.45) is 6.19. The molecule has 0 unspecified atom stereocenters. The normalized spacial score (nSPS) is 22.1. The number of halogens is 1. The maximum absolute atomic E-state index is 13.4. The van der Waals surface area contributed by atoms with Crippen molar-refractivity contribution < 1.29 is 9.18 Å². The lowest BCUT2D eigenvalue weighted by Crippen LogP contribution is -2.33. The molecular formula is C14H16FNO. The highest BCUT2D eigenvalue weighted by atomic mass is 19.1. The summed E-state index contributed by atoms with van der Waals surface area (Å²) in [5.74, 6) is -0.177. The average Bonchev–Trinajstić information content (AvgIpc) is 2.52. The molecule has 0 aromatic heterocycles. The minimum absolute atomic E-state index is 0.0694. The number of carbonyl (C=O) groups excluding carboxylic acids is 1. The van der Waals surface area contributed by atoms with Crippen molar-refractivity contribution in [2.75, 3.05) is 5.32 Å². The van der Waals surface area contributed by atoms with Crippen LogP contribution in [0.25, 0.3) is 0 Å². The Morgan fingerprint density at radius 1 is 1.12 bits per heavy atom. The Morgan fingerprint density at radius 2 is 1.82 bits per heavy atom. The topological polar surface area (TPSA) is 29.1 Å². The zero-order valence-corrected chi connectivity index (χ0v) is 9.76. The number of benzene rings is 1. The maximum atomic E-state index is 13.4. The van der Waals surface area contributed by atoms with Crippen molar-refractivity contribution in [3.8, 4) is 0 Å². The monoisotopic (exact) mass is 233 g/mol. The number of fused-ring (bicyclic) bond motifs is 2. The van der Waals surface area contributed by atoms with Gasteiger partial charge >= 0.3 is 0 Å². The van der Waals surface area contributed by atoms with Crippen LogP contribution in [0.4, 0.5) is 10.1 Å². The number of carbonyl (C=O) groups is 1. The van der Waals surface area contributed by atoms with E-state index >= 15 is 0 Å². The molecule has 1 saturated carbocycles. The third-order valence-electron chi connectivity index (χ3n) is 4.14. The van der Waals surface area contributed by atoms with Gasteiger partial charge in [-0.2, -0.15) is 0 Å². The molecule has 1 spiro atoms. The number of anilines is 1.